The molecule has 110 valence electrons. The van der Waals surface area contributed by atoms with Crippen molar-refractivity contribution in [2.24, 2.45) is 0 Å². The quantitative estimate of drug-likeness (QED) is 0.890. The fourth-order valence-electron chi connectivity index (χ4n) is 1.82. The van der Waals surface area contributed by atoms with Gasteiger partial charge >= 0.3 is 0 Å². The highest BCUT2D eigenvalue weighted by Gasteiger charge is 2.21. The SMILES string of the molecule is CCCN(CC(=O)N(C)C)C(=O)c1ccc(C)cc1O. The van der Waals surface area contributed by atoms with Crippen LogP contribution in [0.4, 0.5) is 0 Å². The summed E-state index contributed by atoms with van der Waals surface area (Å²) in [5.41, 5.74) is 1.11. The first-order valence-electron chi connectivity index (χ1n) is 6.65. The highest BCUT2D eigenvalue weighted by molar-refractivity contribution is 5.98. The topological polar surface area (TPSA) is 60.9 Å². The average Bonchev–Trinajstić information content (AvgIpc) is 2.37. The molecular formula is C15H22N2O3. The molecule has 5 nitrogen and oxygen atoms in total. The molecule has 0 aliphatic rings. The van der Waals surface area contributed by atoms with Crippen molar-refractivity contribution in [2.75, 3.05) is 27.2 Å². The number of carbonyl (C=O) groups excluding carboxylic acids is 2. The highest BCUT2D eigenvalue weighted by Crippen LogP contribution is 2.20. The predicted octanol–water partition coefficient (Wildman–Crippen LogP) is 1.64. The summed E-state index contributed by atoms with van der Waals surface area (Å²) in [6, 6.07) is 4.91. The maximum atomic E-state index is 12.4. The van der Waals surface area contributed by atoms with Crippen LogP contribution < -0.4 is 0 Å². The van der Waals surface area contributed by atoms with Gasteiger partial charge in [0.05, 0.1) is 5.56 Å². The van der Waals surface area contributed by atoms with Crippen LogP contribution in [0.25, 0.3) is 0 Å². The van der Waals surface area contributed by atoms with E-state index in [-0.39, 0.29) is 29.7 Å². The molecular weight excluding hydrogens is 256 g/mol. The maximum Gasteiger partial charge on any atom is 0.258 e. The summed E-state index contributed by atoms with van der Waals surface area (Å²) in [6.45, 7) is 4.28. The lowest BCUT2D eigenvalue weighted by atomic mass is 10.1. The summed E-state index contributed by atoms with van der Waals surface area (Å²) in [5.74, 6) is -0.508. The number of likely N-dealkylation sites (N-methyl/N-ethyl adjacent to an activating group) is 1. The van der Waals surface area contributed by atoms with Crippen LogP contribution in [-0.4, -0.2) is 53.9 Å². The van der Waals surface area contributed by atoms with Crippen LogP contribution in [0.5, 0.6) is 5.75 Å². The third-order valence-corrected chi connectivity index (χ3v) is 2.99. The number of aryl methyl sites for hydroxylation is 1. The first-order valence-corrected chi connectivity index (χ1v) is 6.65. The van der Waals surface area contributed by atoms with Gasteiger partial charge in [0.25, 0.3) is 5.91 Å². The van der Waals surface area contributed by atoms with E-state index < -0.39 is 0 Å². The fraction of sp³-hybridized carbons (Fsp3) is 0.467. The van der Waals surface area contributed by atoms with Crippen LogP contribution in [0.1, 0.15) is 29.3 Å². The first-order chi connectivity index (χ1) is 9.36. The van der Waals surface area contributed by atoms with Crippen molar-refractivity contribution in [3.05, 3.63) is 29.3 Å². The molecule has 0 aromatic heterocycles. The molecule has 0 fully saturated rings. The van der Waals surface area contributed by atoms with Gasteiger partial charge in [-0.05, 0) is 31.0 Å². The Balaban J connectivity index is 2.96. The van der Waals surface area contributed by atoms with Gasteiger partial charge in [-0.3, -0.25) is 9.59 Å². The molecule has 0 aliphatic carbocycles. The Labute approximate surface area is 119 Å². The summed E-state index contributed by atoms with van der Waals surface area (Å²) in [6.07, 6.45) is 0.749. The molecule has 0 saturated heterocycles. The minimum absolute atomic E-state index is 0.0208. The summed E-state index contributed by atoms with van der Waals surface area (Å²) in [4.78, 5) is 27.1. The van der Waals surface area contributed by atoms with Gasteiger partial charge in [-0.15, -0.1) is 0 Å². The van der Waals surface area contributed by atoms with E-state index in [0.717, 1.165) is 12.0 Å². The normalized spacial score (nSPS) is 10.2. The number of nitrogens with zero attached hydrogens (tertiary/aromatic N) is 2. The van der Waals surface area contributed by atoms with Gasteiger partial charge in [0, 0.05) is 20.6 Å². The molecule has 5 heteroatoms. The van der Waals surface area contributed by atoms with Gasteiger partial charge in [0.15, 0.2) is 0 Å². The van der Waals surface area contributed by atoms with Crippen LogP contribution in [0.15, 0.2) is 18.2 Å². The van der Waals surface area contributed by atoms with Gasteiger partial charge < -0.3 is 14.9 Å². The maximum absolute atomic E-state index is 12.4. The number of benzene rings is 1. The fourth-order valence-corrected chi connectivity index (χ4v) is 1.82. The van der Waals surface area contributed by atoms with Crippen LogP contribution in [0.2, 0.25) is 0 Å². The molecule has 0 radical (unpaired) electrons. The Kier molecular flexibility index (Phi) is 5.55. The summed E-state index contributed by atoms with van der Waals surface area (Å²) < 4.78 is 0. The highest BCUT2D eigenvalue weighted by atomic mass is 16.3. The third kappa shape index (κ3) is 3.98. The molecule has 2 amide bonds. The van der Waals surface area contributed by atoms with E-state index in [0.29, 0.717) is 6.54 Å². The molecule has 1 aromatic carbocycles. The van der Waals surface area contributed by atoms with E-state index in [1.54, 1.807) is 32.3 Å². The van der Waals surface area contributed by atoms with E-state index in [2.05, 4.69) is 0 Å². The minimum Gasteiger partial charge on any atom is -0.507 e. The Morgan fingerprint density at radius 1 is 1.25 bits per heavy atom. The molecule has 0 bridgehead atoms. The van der Waals surface area contributed by atoms with Crippen LogP contribution in [0.3, 0.4) is 0 Å². The van der Waals surface area contributed by atoms with Crippen molar-refractivity contribution in [1.29, 1.82) is 0 Å². The van der Waals surface area contributed by atoms with Gasteiger partial charge in [-0.1, -0.05) is 13.0 Å². The number of hydrogen-bond acceptors (Lipinski definition) is 3. The number of phenols is 1. The lowest BCUT2D eigenvalue weighted by Crippen LogP contribution is -2.40. The molecule has 0 aliphatic heterocycles. The average molecular weight is 278 g/mol. The molecule has 0 heterocycles. The molecule has 0 atom stereocenters. The van der Waals surface area contributed by atoms with E-state index in [4.69, 9.17) is 0 Å². The monoisotopic (exact) mass is 278 g/mol. The van der Waals surface area contributed by atoms with Crippen molar-refractivity contribution >= 4 is 11.8 Å². The number of phenolic OH excluding ortho intramolecular Hbond substituents is 1. The van der Waals surface area contributed by atoms with Gasteiger partial charge in [-0.25, -0.2) is 0 Å². The summed E-state index contributed by atoms with van der Waals surface area (Å²) >= 11 is 0. The first kappa shape index (κ1) is 16.0. The lowest BCUT2D eigenvalue weighted by Gasteiger charge is -2.23. The van der Waals surface area contributed by atoms with E-state index in [1.807, 2.05) is 13.8 Å². The Morgan fingerprint density at radius 2 is 1.90 bits per heavy atom. The smallest absolute Gasteiger partial charge is 0.258 e. The lowest BCUT2D eigenvalue weighted by molar-refractivity contribution is -0.129. The van der Waals surface area contributed by atoms with Crippen LogP contribution in [-0.2, 0) is 4.79 Å². The second kappa shape index (κ2) is 6.93. The van der Waals surface area contributed by atoms with E-state index in [1.165, 1.54) is 9.80 Å². The van der Waals surface area contributed by atoms with E-state index >= 15 is 0 Å². The second-order valence-electron chi connectivity index (χ2n) is 5.04. The summed E-state index contributed by atoms with van der Waals surface area (Å²) in [5, 5.41) is 9.88. The predicted molar refractivity (Wildman–Crippen MR) is 77.7 cm³/mol. The van der Waals surface area contributed by atoms with Crippen molar-refractivity contribution in [2.45, 2.75) is 20.3 Å². The van der Waals surface area contributed by atoms with Gasteiger partial charge in [0.1, 0.15) is 12.3 Å². The van der Waals surface area contributed by atoms with Gasteiger partial charge in [-0.2, -0.15) is 0 Å². The van der Waals surface area contributed by atoms with Crippen molar-refractivity contribution in [3.8, 4) is 5.75 Å². The molecule has 0 unspecified atom stereocenters. The van der Waals surface area contributed by atoms with Crippen molar-refractivity contribution in [3.63, 3.8) is 0 Å². The zero-order valence-electron chi connectivity index (χ0n) is 12.5. The van der Waals surface area contributed by atoms with Crippen molar-refractivity contribution < 1.29 is 14.7 Å². The number of amides is 2. The Hall–Kier alpha value is -2.04. The molecule has 0 spiro atoms. The molecule has 1 N–H and O–H groups in total. The molecule has 20 heavy (non-hydrogen) atoms. The van der Waals surface area contributed by atoms with Crippen LogP contribution >= 0.6 is 0 Å². The number of rotatable bonds is 5. The zero-order valence-corrected chi connectivity index (χ0v) is 12.5. The second-order valence-corrected chi connectivity index (χ2v) is 5.04. The Bertz CT molecular complexity index is 498. The standard InChI is InChI=1S/C15H22N2O3/c1-5-8-17(10-14(19)16(3)4)15(20)12-7-6-11(2)9-13(12)18/h6-7,9,18H,5,8,10H2,1-4H3. The number of hydrogen-bond donors (Lipinski definition) is 1. The van der Waals surface area contributed by atoms with Crippen molar-refractivity contribution in [1.82, 2.24) is 9.80 Å². The summed E-state index contributed by atoms with van der Waals surface area (Å²) in [7, 11) is 3.31. The minimum atomic E-state index is -0.320. The zero-order chi connectivity index (χ0) is 15.3. The van der Waals surface area contributed by atoms with Crippen LogP contribution in [0, 0.1) is 6.92 Å². The number of aromatic hydroxyl groups is 1. The third-order valence-electron chi connectivity index (χ3n) is 2.99. The Morgan fingerprint density at radius 3 is 2.40 bits per heavy atom. The number of carbonyl (C=O) groups is 2. The largest absolute Gasteiger partial charge is 0.507 e. The molecule has 0 saturated carbocycles. The van der Waals surface area contributed by atoms with E-state index in [9.17, 15) is 14.7 Å². The molecule has 1 aromatic rings. The molecule has 1 rings (SSSR count). The van der Waals surface area contributed by atoms with Gasteiger partial charge in [0.2, 0.25) is 5.91 Å².